The summed E-state index contributed by atoms with van der Waals surface area (Å²) in [6.07, 6.45) is -4.79. The van der Waals surface area contributed by atoms with E-state index in [4.69, 9.17) is 14.6 Å². The number of hydrazone groups is 1. The monoisotopic (exact) mass is 427 g/mol. The summed E-state index contributed by atoms with van der Waals surface area (Å²) in [6, 6.07) is 6.56. The summed E-state index contributed by atoms with van der Waals surface area (Å²) in [5.41, 5.74) is 0.321. The zero-order chi connectivity index (χ0) is 22.5. The number of anilines is 1. The first kappa shape index (κ1) is 22.5. The fraction of sp³-hybridized carbons (Fsp3) is 0.222. The van der Waals surface area contributed by atoms with E-state index >= 15 is 0 Å². The van der Waals surface area contributed by atoms with Crippen molar-refractivity contribution in [2.45, 2.75) is 19.2 Å². The van der Waals surface area contributed by atoms with Crippen molar-refractivity contribution in [1.82, 2.24) is 0 Å². The van der Waals surface area contributed by atoms with Gasteiger partial charge in [-0.15, -0.1) is 0 Å². The van der Waals surface area contributed by atoms with E-state index in [9.17, 15) is 28.1 Å². The average Bonchev–Trinajstić information content (AvgIpc) is 2.68. The van der Waals surface area contributed by atoms with Crippen molar-refractivity contribution in [2.75, 3.05) is 12.5 Å². The Kier molecular flexibility index (Phi) is 6.82. The van der Waals surface area contributed by atoms with E-state index in [0.29, 0.717) is 12.1 Å². The van der Waals surface area contributed by atoms with E-state index in [1.165, 1.54) is 26.2 Å². The molecule has 0 aliphatic heterocycles. The van der Waals surface area contributed by atoms with Crippen molar-refractivity contribution in [3.05, 3.63) is 57.6 Å². The number of nitro benzene ring substituents is 1. The van der Waals surface area contributed by atoms with Gasteiger partial charge in [0.15, 0.2) is 17.6 Å². The van der Waals surface area contributed by atoms with Crippen LogP contribution in [0, 0.1) is 10.1 Å². The average molecular weight is 427 g/mol. The molecule has 0 bridgehead atoms. The molecule has 0 radical (unpaired) electrons. The van der Waals surface area contributed by atoms with E-state index in [1.807, 2.05) is 0 Å². The highest BCUT2D eigenvalue weighted by atomic mass is 19.4. The van der Waals surface area contributed by atoms with Crippen LogP contribution in [0.5, 0.6) is 11.5 Å². The Morgan fingerprint density at radius 2 is 2.03 bits per heavy atom. The first-order valence-electron chi connectivity index (χ1n) is 8.25. The molecule has 2 N–H and O–H groups in total. The molecule has 0 unspecified atom stereocenters. The van der Waals surface area contributed by atoms with Crippen LogP contribution in [0.15, 0.2) is 41.5 Å². The van der Waals surface area contributed by atoms with Crippen molar-refractivity contribution in [3.8, 4) is 11.5 Å². The van der Waals surface area contributed by atoms with Crippen molar-refractivity contribution in [1.29, 1.82) is 0 Å². The van der Waals surface area contributed by atoms with Gasteiger partial charge in [0.05, 0.1) is 23.8 Å². The third kappa shape index (κ3) is 5.37. The SMILES string of the molecule is COc1cccc(/C=N/Nc2ccc(C(F)(F)F)cc2[N+](=O)[O-])c1O[C@H](C)C(=O)O. The van der Waals surface area contributed by atoms with Crippen LogP contribution in [-0.4, -0.2) is 35.4 Å². The summed E-state index contributed by atoms with van der Waals surface area (Å²) < 4.78 is 48.8. The number of methoxy groups -OCH3 is 1. The minimum atomic E-state index is -4.74. The maximum atomic E-state index is 12.8. The number of nitrogens with zero attached hydrogens (tertiary/aromatic N) is 2. The van der Waals surface area contributed by atoms with Crippen LogP contribution in [0.4, 0.5) is 24.5 Å². The zero-order valence-corrected chi connectivity index (χ0v) is 15.6. The molecule has 0 fully saturated rings. The summed E-state index contributed by atoms with van der Waals surface area (Å²) in [6.45, 7) is 1.31. The van der Waals surface area contributed by atoms with Crippen LogP contribution < -0.4 is 14.9 Å². The topological polar surface area (TPSA) is 123 Å². The van der Waals surface area contributed by atoms with Crippen LogP contribution in [0.1, 0.15) is 18.1 Å². The van der Waals surface area contributed by atoms with Gasteiger partial charge in [-0.3, -0.25) is 15.5 Å². The number of carboxylic acid groups (broad SMARTS) is 1. The molecule has 1 atom stereocenters. The van der Waals surface area contributed by atoms with Gasteiger partial charge in [-0.05, 0) is 31.2 Å². The van der Waals surface area contributed by atoms with Crippen LogP contribution in [0.3, 0.4) is 0 Å². The molecule has 12 heteroatoms. The number of hydrogen-bond donors (Lipinski definition) is 2. The summed E-state index contributed by atoms with van der Waals surface area (Å²) in [5, 5.41) is 23.9. The second-order valence-electron chi connectivity index (χ2n) is 5.83. The fourth-order valence-electron chi connectivity index (χ4n) is 2.27. The van der Waals surface area contributed by atoms with E-state index in [1.54, 1.807) is 6.07 Å². The molecule has 0 aromatic heterocycles. The molecule has 0 spiro atoms. The highest BCUT2D eigenvalue weighted by molar-refractivity contribution is 5.86. The first-order chi connectivity index (χ1) is 14.0. The molecule has 160 valence electrons. The molecule has 0 heterocycles. The number of nitro groups is 1. The highest BCUT2D eigenvalue weighted by Gasteiger charge is 2.33. The number of aliphatic carboxylic acids is 1. The number of ether oxygens (including phenoxy) is 2. The Morgan fingerprint density at radius 1 is 1.33 bits per heavy atom. The Bertz CT molecular complexity index is 978. The first-order valence-corrected chi connectivity index (χ1v) is 8.25. The van der Waals surface area contributed by atoms with Crippen LogP contribution >= 0.6 is 0 Å². The fourth-order valence-corrected chi connectivity index (χ4v) is 2.27. The Labute approximate surface area is 167 Å². The molecule has 30 heavy (non-hydrogen) atoms. The van der Waals surface area contributed by atoms with E-state index in [2.05, 4.69) is 10.5 Å². The summed E-state index contributed by atoms with van der Waals surface area (Å²) >= 11 is 0. The molecule has 0 aliphatic carbocycles. The smallest absolute Gasteiger partial charge is 0.416 e. The van der Waals surface area contributed by atoms with Crippen LogP contribution in [-0.2, 0) is 11.0 Å². The van der Waals surface area contributed by atoms with Gasteiger partial charge in [0.2, 0.25) is 0 Å². The van der Waals surface area contributed by atoms with Crippen molar-refractivity contribution < 1.29 is 37.5 Å². The van der Waals surface area contributed by atoms with Gasteiger partial charge in [-0.25, -0.2) is 4.79 Å². The standard InChI is InChI=1S/C18H16F3N3O6/c1-10(17(25)26)30-16-11(4-3-5-15(16)29-2)9-22-23-13-7-6-12(18(19,20)21)8-14(13)24(27)28/h3-10,23H,1-2H3,(H,25,26)/b22-9+/t10-/m1/s1. The lowest BCUT2D eigenvalue weighted by atomic mass is 10.1. The van der Waals surface area contributed by atoms with Gasteiger partial charge in [-0.2, -0.15) is 18.3 Å². The number of alkyl halides is 3. The molecular formula is C18H16F3N3O6. The lowest BCUT2D eigenvalue weighted by Crippen LogP contribution is -2.23. The number of halogens is 3. The lowest BCUT2D eigenvalue weighted by Gasteiger charge is -2.15. The van der Waals surface area contributed by atoms with E-state index in [0.717, 1.165) is 12.3 Å². The van der Waals surface area contributed by atoms with Crippen LogP contribution in [0.2, 0.25) is 0 Å². The van der Waals surface area contributed by atoms with E-state index in [-0.39, 0.29) is 22.7 Å². The van der Waals surface area contributed by atoms with Crippen molar-refractivity contribution in [3.63, 3.8) is 0 Å². The Morgan fingerprint density at radius 3 is 2.60 bits per heavy atom. The number of nitrogens with one attached hydrogen (secondary N) is 1. The summed E-state index contributed by atoms with van der Waals surface area (Å²) in [5.74, 6) is -0.947. The number of carboxylic acids is 1. The quantitative estimate of drug-likeness (QED) is 0.372. The zero-order valence-electron chi connectivity index (χ0n) is 15.6. The predicted octanol–water partition coefficient (Wildman–Crippen LogP) is 3.92. The second kappa shape index (κ2) is 9.11. The summed E-state index contributed by atoms with van der Waals surface area (Å²) in [7, 11) is 1.35. The Balaban J connectivity index is 2.33. The molecule has 9 nitrogen and oxygen atoms in total. The summed E-state index contributed by atoms with van der Waals surface area (Å²) in [4.78, 5) is 21.2. The molecule has 0 saturated heterocycles. The maximum absolute atomic E-state index is 12.8. The number of rotatable bonds is 8. The van der Waals surface area contributed by atoms with Gasteiger partial charge >= 0.3 is 12.1 Å². The molecule has 0 amide bonds. The molecule has 0 saturated carbocycles. The lowest BCUT2D eigenvalue weighted by molar-refractivity contribution is -0.384. The third-order valence-electron chi connectivity index (χ3n) is 3.78. The molecule has 2 aromatic rings. The minimum absolute atomic E-state index is 0.0577. The Hall–Kier alpha value is -3.83. The number of benzene rings is 2. The maximum Gasteiger partial charge on any atom is 0.416 e. The third-order valence-corrected chi connectivity index (χ3v) is 3.78. The second-order valence-corrected chi connectivity index (χ2v) is 5.83. The van der Waals surface area contributed by atoms with Crippen molar-refractivity contribution in [2.24, 2.45) is 5.10 Å². The number of para-hydroxylation sites is 1. The molecular weight excluding hydrogens is 411 g/mol. The largest absolute Gasteiger partial charge is 0.493 e. The van der Waals surface area contributed by atoms with Gasteiger partial charge in [0.25, 0.3) is 5.69 Å². The predicted molar refractivity (Wildman–Crippen MR) is 100 cm³/mol. The normalized spacial score (nSPS) is 12.4. The van der Waals surface area contributed by atoms with E-state index < -0.39 is 34.4 Å². The van der Waals surface area contributed by atoms with Gasteiger partial charge in [0.1, 0.15) is 5.69 Å². The van der Waals surface area contributed by atoms with Crippen molar-refractivity contribution >= 4 is 23.6 Å². The minimum Gasteiger partial charge on any atom is -0.493 e. The van der Waals surface area contributed by atoms with Gasteiger partial charge in [-0.1, -0.05) is 6.07 Å². The van der Waals surface area contributed by atoms with Gasteiger partial charge < -0.3 is 14.6 Å². The molecule has 2 rings (SSSR count). The number of hydrogen-bond acceptors (Lipinski definition) is 7. The highest BCUT2D eigenvalue weighted by Crippen LogP contribution is 2.35. The van der Waals surface area contributed by atoms with Crippen LogP contribution in [0.25, 0.3) is 0 Å². The molecule has 2 aromatic carbocycles. The number of carbonyl (C=O) groups is 1. The van der Waals surface area contributed by atoms with Gasteiger partial charge in [0, 0.05) is 11.6 Å². The molecule has 0 aliphatic rings.